The van der Waals surface area contributed by atoms with Crippen molar-refractivity contribution in [2.75, 3.05) is 0 Å². The minimum atomic E-state index is -0.500. The van der Waals surface area contributed by atoms with E-state index in [1.54, 1.807) is 0 Å². The van der Waals surface area contributed by atoms with Gasteiger partial charge in [-0.1, -0.05) is 47.6 Å². The fraction of sp³-hybridized carbons (Fsp3) is 0.625. The molecule has 0 aliphatic carbocycles. The fourth-order valence-electron chi connectivity index (χ4n) is 2.06. The van der Waals surface area contributed by atoms with Crippen LogP contribution in [0.1, 0.15) is 65.5 Å². The number of aromatic hydroxyl groups is 1. The Morgan fingerprint density at radius 2 is 1.60 bits per heavy atom. The lowest BCUT2D eigenvalue weighted by molar-refractivity contribution is -0.386. The Morgan fingerprint density at radius 1 is 1.10 bits per heavy atom. The van der Waals surface area contributed by atoms with Gasteiger partial charge in [-0.05, 0) is 29.2 Å². The van der Waals surface area contributed by atoms with Gasteiger partial charge in [-0.3, -0.25) is 10.1 Å². The third kappa shape index (κ3) is 2.94. The Bertz CT molecular complexity index is 519. The van der Waals surface area contributed by atoms with Gasteiger partial charge in [0.05, 0.1) is 4.92 Å². The van der Waals surface area contributed by atoms with E-state index in [0.29, 0.717) is 5.56 Å². The molecule has 1 aromatic carbocycles. The van der Waals surface area contributed by atoms with Crippen molar-refractivity contribution >= 4 is 5.69 Å². The molecule has 112 valence electrons. The third-order valence-electron chi connectivity index (χ3n) is 4.56. The van der Waals surface area contributed by atoms with E-state index >= 15 is 0 Å². The van der Waals surface area contributed by atoms with Gasteiger partial charge in [0.25, 0.3) is 0 Å². The van der Waals surface area contributed by atoms with Crippen LogP contribution in [0.2, 0.25) is 0 Å². The maximum absolute atomic E-state index is 11.2. The minimum absolute atomic E-state index is 0.156. The van der Waals surface area contributed by atoms with Gasteiger partial charge in [0.2, 0.25) is 0 Å². The van der Waals surface area contributed by atoms with E-state index in [1.165, 1.54) is 6.07 Å². The van der Waals surface area contributed by atoms with Gasteiger partial charge in [-0.25, -0.2) is 0 Å². The monoisotopic (exact) mass is 279 g/mol. The van der Waals surface area contributed by atoms with E-state index < -0.39 is 4.92 Å². The summed E-state index contributed by atoms with van der Waals surface area (Å²) in [6.07, 6.45) is 1.68. The van der Waals surface area contributed by atoms with Crippen molar-refractivity contribution in [3.63, 3.8) is 0 Å². The molecule has 4 nitrogen and oxygen atoms in total. The Morgan fingerprint density at radius 3 is 2.00 bits per heavy atom. The first-order valence-electron chi connectivity index (χ1n) is 7.09. The van der Waals surface area contributed by atoms with Gasteiger partial charge in [0, 0.05) is 11.6 Å². The van der Waals surface area contributed by atoms with Crippen LogP contribution in [0.5, 0.6) is 5.75 Å². The smallest absolute Gasteiger partial charge is 0.311 e. The first kappa shape index (κ1) is 16.5. The Hall–Kier alpha value is -1.58. The molecule has 0 amide bonds. The van der Waals surface area contributed by atoms with Crippen molar-refractivity contribution < 1.29 is 10.0 Å². The molecule has 0 saturated heterocycles. The highest BCUT2D eigenvalue weighted by Crippen LogP contribution is 2.43. The molecule has 0 unspecified atom stereocenters. The van der Waals surface area contributed by atoms with Gasteiger partial charge in [-0.15, -0.1) is 0 Å². The molecule has 0 radical (unpaired) electrons. The lowest BCUT2D eigenvalue weighted by Gasteiger charge is -2.29. The molecule has 0 aliphatic rings. The van der Waals surface area contributed by atoms with Crippen LogP contribution in [0.4, 0.5) is 5.69 Å². The average molecular weight is 279 g/mol. The zero-order valence-corrected chi connectivity index (χ0v) is 13.3. The van der Waals surface area contributed by atoms with E-state index in [-0.39, 0.29) is 22.3 Å². The molecule has 0 aromatic heterocycles. The summed E-state index contributed by atoms with van der Waals surface area (Å²) in [5, 5.41) is 21.4. The quantitative estimate of drug-likeness (QED) is 0.629. The number of rotatable bonds is 5. The van der Waals surface area contributed by atoms with Crippen molar-refractivity contribution in [2.45, 2.75) is 65.2 Å². The van der Waals surface area contributed by atoms with E-state index in [4.69, 9.17) is 0 Å². The van der Waals surface area contributed by atoms with Crippen LogP contribution in [-0.4, -0.2) is 10.0 Å². The van der Waals surface area contributed by atoms with Gasteiger partial charge in [0.1, 0.15) is 0 Å². The standard InChI is InChI=1S/C16H25NO3/c1-7-15(3,4)11-9-12(16(5,6)8-2)14(18)13(10-11)17(19)20/h9-10,18H,7-8H2,1-6H3. The van der Waals surface area contributed by atoms with Crippen LogP contribution in [0, 0.1) is 10.1 Å². The summed E-state index contributed by atoms with van der Waals surface area (Å²) in [6.45, 7) is 12.2. The summed E-state index contributed by atoms with van der Waals surface area (Å²) in [5.41, 5.74) is 0.915. The number of nitro benzene ring substituents is 1. The van der Waals surface area contributed by atoms with Crippen LogP contribution >= 0.6 is 0 Å². The maximum Gasteiger partial charge on any atom is 0.311 e. The molecular weight excluding hydrogens is 254 g/mol. The average Bonchev–Trinajstić information content (AvgIpc) is 2.38. The summed E-state index contributed by atoms with van der Waals surface area (Å²) >= 11 is 0. The molecule has 1 rings (SSSR count). The summed E-state index contributed by atoms with van der Waals surface area (Å²) in [5.74, 6) is -0.197. The lowest BCUT2D eigenvalue weighted by Crippen LogP contribution is -2.20. The first-order chi connectivity index (χ1) is 9.06. The molecule has 0 bridgehead atoms. The Kier molecular flexibility index (Phi) is 4.47. The molecule has 0 fully saturated rings. The largest absolute Gasteiger partial charge is 0.502 e. The van der Waals surface area contributed by atoms with E-state index in [2.05, 4.69) is 20.8 Å². The lowest BCUT2D eigenvalue weighted by atomic mass is 9.76. The molecule has 0 saturated carbocycles. The number of hydrogen-bond donors (Lipinski definition) is 1. The SMILES string of the molecule is CCC(C)(C)c1cc([N+](=O)[O-])c(O)c(C(C)(C)CC)c1. The van der Waals surface area contributed by atoms with Crippen LogP contribution in [-0.2, 0) is 10.8 Å². The van der Waals surface area contributed by atoms with E-state index in [9.17, 15) is 15.2 Å². The van der Waals surface area contributed by atoms with Crippen molar-refractivity contribution in [2.24, 2.45) is 0 Å². The zero-order chi connectivity index (χ0) is 15.7. The number of nitrogens with zero attached hydrogens (tertiary/aromatic N) is 1. The Labute approximate surface area is 121 Å². The minimum Gasteiger partial charge on any atom is -0.502 e. The number of phenols is 1. The van der Waals surface area contributed by atoms with Gasteiger partial charge >= 0.3 is 5.69 Å². The molecule has 1 aromatic rings. The highest BCUT2D eigenvalue weighted by atomic mass is 16.6. The number of phenolic OH excluding ortho intramolecular Hbond substituents is 1. The summed E-state index contributed by atoms with van der Waals surface area (Å²) < 4.78 is 0. The summed E-state index contributed by atoms with van der Waals surface area (Å²) in [6, 6.07) is 3.43. The molecule has 20 heavy (non-hydrogen) atoms. The highest BCUT2D eigenvalue weighted by molar-refractivity contribution is 5.57. The molecule has 0 aliphatic heterocycles. The van der Waals surface area contributed by atoms with Crippen LogP contribution in [0.3, 0.4) is 0 Å². The zero-order valence-electron chi connectivity index (χ0n) is 13.3. The van der Waals surface area contributed by atoms with Crippen molar-refractivity contribution in [1.29, 1.82) is 0 Å². The predicted molar refractivity (Wildman–Crippen MR) is 81.4 cm³/mol. The number of benzene rings is 1. The summed E-state index contributed by atoms with van der Waals surface area (Å²) in [7, 11) is 0. The van der Waals surface area contributed by atoms with E-state index in [1.807, 2.05) is 26.8 Å². The van der Waals surface area contributed by atoms with Crippen LogP contribution in [0.15, 0.2) is 12.1 Å². The van der Waals surface area contributed by atoms with Crippen molar-refractivity contribution in [3.05, 3.63) is 33.4 Å². The van der Waals surface area contributed by atoms with E-state index in [0.717, 1.165) is 18.4 Å². The first-order valence-corrected chi connectivity index (χ1v) is 7.09. The Balaban J connectivity index is 3.64. The number of nitro groups is 1. The van der Waals surface area contributed by atoms with Crippen molar-refractivity contribution in [3.8, 4) is 5.75 Å². The van der Waals surface area contributed by atoms with Gasteiger partial charge in [-0.2, -0.15) is 0 Å². The van der Waals surface area contributed by atoms with Crippen LogP contribution in [0.25, 0.3) is 0 Å². The van der Waals surface area contributed by atoms with Gasteiger partial charge < -0.3 is 5.11 Å². The molecule has 0 spiro atoms. The molecule has 4 heteroatoms. The topological polar surface area (TPSA) is 63.4 Å². The van der Waals surface area contributed by atoms with Crippen LogP contribution < -0.4 is 0 Å². The maximum atomic E-state index is 11.2. The highest BCUT2D eigenvalue weighted by Gasteiger charge is 2.31. The molecule has 0 heterocycles. The second-order valence-electron chi connectivity index (χ2n) is 6.62. The normalized spacial score (nSPS) is 12.5. The third-order valence-corrected chi connectivity index (χ3v) is 4.56. The second-order valence-corrected chi connectivity index (χ2v) is 6.62. The van der Waals surface area contributed by atoms with Gasteiger partial charge in [0.15, 0.2) is 5.75 Å². The van der Waals surface area contributed by atoms with Crippen molar-refractivity contribution in [1.82, 2.24) is 0 Å². The second kappa shape index (κ2) is 5.43. The predicted octanol–water partition coefficient (Wildman–Crippen LogP) is 4.68. The molecule has 1 N–H and O–H groups in total. The number of hydrogen-bond acceptors (Lipinski definition) is 3. The summed E-state index contributed by atoms with van der Waals surface area (Å²) in [4.78, 5) is 10.7. The fourth-order valence-corrected chi connectivity index (χ4v) is 2.06. The molecule has 0 atom stereocenters. The molecular formula is C16H25NO3.